The molecule has 1 atom stereocenters. The zero-order chi connectivity index (χ0) is 18.1. The molecule has 0 saturated heterocycles. The molecule has 1 saturated carbocycles. The molecule has 1 heterocycles. The molecule has 0 bridgehead atoms. The van der Waals surface area contributed by atoms with Gasteiger partial charge in [0.1, 0.15) is 0 Å². The van der Waals surface area contributed by atoms with Crippen molar-refractivity contribution < 1.29 is 0 Å². The average Bonchev–Trinajstić information content (AvgIpc) is 3.24. The molecule has 1 unspecified atom stereocenters. The third-order valence-electron chi connectivity index (χ3n) is 5.23. The maximum Gasteiger partial charge on any atom is 0.191 e. The van der Waals surface area contributed by atoms with Crippen LogP contribution in [0.25, 0.3) is 0 Å². The lowest BCUT2D eigenvalue weighted by Crippen LogP contribution is -2.42. The van der Waals surface area contributed by atoms with Crippen LogP contribution in [0.5, 0.6) is 0 Å². The van der Waals surface area contributed by atoms with Crippen molar-refractivity contribution >= 4 is 5.96 Å². The Morgan fingerprint density at radius 2 is 2.08 bits per heavy atom. The zero-order valence-corrected chi connectivity index (χ0v) is 16.5. The van der Waals surface area contributed by atoms with Crippen LogP contribution in [0.3, 0.4) is 0 Å². The maximum atomic E-state index is 4.35. The number of unbranched alkanes of at least 4 members (excludes halogenated alkanes) is 1. The monoisotopic (exact) mass is 348 g/mol. The lowest BCUT2D eigenvalue weighted by atomic mass is 10.0. The van der Waals surface area contributed by atoms with Gasteiger partial charge in [-0.2, -0.15) is 5.10 Å². The molecular weight excluding hydrogens is 312 g/mol. The Balaban J connectivity index is 1.67. The summed E-state index contributed by atoms with van der Waals surface area (Å²) in [5, 5.41) is 11.2. The summed E-state index contributed by atoms with van der Waals surface area (Å²) < 4.78 is 1.85. The Morgan fingerprint density at radius 1 is 1.32 bits per heavy atom. The van der Waals surface area contributed by atoms with Crippen molar-refractivity contribution in [1.29, 1.82) is 0 Å². The molecule has 1 aliphatic rings. The van der Waals surface area contributed by atoms with Gasteiger partial charge in [0.25, 0.3) is 0 Å². The summed E-state index contributed by atoms with van der Waals surface area (Å²) in [4.78, 5) is 6.56. The summed E-state index contributed by atoms with van der Waals surface area (Å²) in [6, 6.07) is 0.273. The van der Waals surface area contributed by atoms with E-state index in [9.17, 15) is 0 Å². The van der Waals surface area contributed by atoms with E-state index in [0.717, 1.165) is 25.0 Å². The molecule has 1 aromatic rings. The molecule has 142 valence electrons. The predicted octanol–water partition coefficient (Wildman–Crippen LogP) is 2.55. The highest BCUT2D eigenvalue weighted by atomic mass is 15.3. The van der Waals surface area contributed by atoms with Crippen molar-refractivity contribution in [3.63, 3.8) is 0 Å². The number of hydrogen-bond acceptors (Lipinski definition) is 3. The van der Waals surface area contributed by atoms with Crippen LogP contribution >= 0.6 is 0 Å². The molecule has 2 N–H and O–H groups in total. The molecule has 1 aliphatic carbocycles. The van der Waals surface area contributed by atoms with E-state index in [0.29, 0.717) is 0 Å². The molecule has 1 fully saturated rings. The smallest absolute Gasteiger partial charge is 0.191 e. The van der Waals surface area contributed by atoms with Gasteiger partial charge >= 0.3 is 0 Å². The van der Waals surface area contributed by atoms with Crippen LogP contribution in [0, 0.1) is 5.92 Å². The molecular formula is C19H36N6. The third kappa shape index (κ3) is 6.69. The van der Waals surface area contributed by atoms with Gasteiger partial charge in [0.15, 0.2) is 5.96 Å². The van der Waals surface area contributed by atoms with E-state index in [1.54, 1.807) is 0 Å². The van der Waals surface area contributed by atoms with Gasteiger partial charge in [0.05, 0.1) is 12.2 Å². The van der Waals surface area contributed by atoms with E-state index in [1.165, 1.54) is 50.5 Å². The molecule has 0 amide bonds. The number of likely N-dealkylation sites (N-methyl/N-ethyl adjacent to an activating group) is 1. The first kappa shape index (κ1) is 19.8. The first-order chi connectivity index (χ1) is 12.1. The molecule has 0 spiro atoms. The fraction of sp³-hybridized carbons (Fsp3) is 0.789. The Hall–Kier alpha value is -1.56. The third-order valence-corrected chi connectivity index (χ3v) is 5.23. The van der Waals surface area contributed by atoms with Crippen LogP contribution in [0.4, 0.5) is 0 Å². The van der Waals surface area contributed by atoms with Crippen molar-refractivity contribution in [3.05, 3.63) is 18.0 Å². The number of rotatable bonds is 9. The summed E-state index contributed by atoms with van der Waals surface area (Å²) in [6.45, 7) is 1.80. The van der Waals surface area contributed by atoms with Gasteiger partial charge in [-0.1, -0.05) is 38.5 Å². The van der Waals surface area contributed by atoms with Gasteiger partial charge in [-0.15, -0.1) is 0 Å². The summed E-state index contributed by atoms with van der Waals surface area (Å²) in [7, 11) is 7.98. The van der Waals surface area contributed by atoms with Crippen LogP contribution in [0.2, 0.25) is 0 Å². The van der Waals surface area contributed by atoms with Gasteiger partial charge in [-0.05, 0) is 26.4 Å². The average molecular weight is 349 g/mol. The van der Waals surface area contributed by atoms with Gasteiger partial charge in [0, 0.05) is 38.9 Å². The second kappa shape index (κ2) is 10.4. The number of nitrogens with zero attached hydrogens (tertiary/aromatic N) is 4. The highest BCUT2D eigenvalue weighted by Gasteiger charge is 2.16. The van der Waals surface area contributed by atoms with Gasteiger partial charge < -0.3 is 15.5 Å². The van der Waals surface area contributed by atoms with Gasteiger partial charge in [-0.25, -0.2) is 0 Å². The Bertz CT molecular complexity index is 516. The summed E-state index contributed by atoms with van der Waals surface area (Å²) in [5.74, 6) is 1.88. The quantitative estimate of drug-likeness (QED) is 0.409. The summed E-state index contributed by atoms with van der Waals surface area (Å²) in [6.07, 6.45) is 13.8. The number of guanidine groups is 1. The SMILES string of the molecule is CN=C(NCCCCC1CCCC1)NCC(c1cnn(C)c1)N(C)C. The molecule has 2 rings (SSSR count). The number of aliphatic imine (C=N–C) groups is 1. The fourth-order valence-electron chi connectivity index (χ4n) is 3.69. The predicted molar refractivity (Wildman–Crippen MR) is 105 cm³/mol. The molecule has 1 aromatic heterocycles. The molecule has 25 heavy (non-hydrogen) atoms. The van der Waals surface area contributed by atoms with Crippen molar-refractivity contribution in [2.75, 3.05) is 34.2 Å². The van der Waals surface area contributed by atoms with Gasteiger partial charge in [-0.3, -0.25) is 9.67 Å². The standard InChI is InChI=1S/C19H36N6/c1-20-19(21-12-8-7-11-16-9-5-6-10-16)22-14-18(24(2)3)17-13-23-25(4)15-17/h13,15-16,18H,5-12,14H2,1-4H3,(H2,20,21,22). The van der Waals surface area contributed by atoms with Crippen molar-refractivity contribution in [3.8, 4) is 0 Å². The van der Waals surface area contributed by atoms with E-state index in [-0.39, 0.29) is 6.04 Å². The van der Waals surface area contributed by atoms with Crippen LogP contribution in [-0.4, -0.2) is 54.9 Å². The van der Waals surface area contributed by atoms with E-state index >= 15 is 0 Å². The highest BCUT2D eigenvalue weighted by Crippen LogP contribution is 2.28. The summed E-state index contributed by atoms with van der Waals surface area (Å²) in [5.41, 5.74) is 1.21. The second-order valence-electron chi connectivity index (χ2n) is 7.45. The largest absolute Gasteiger partial charge is 0.356 e. The highest BCUT2D eigenvalue weighted by molar-refractivity contribution is 5.79. The zero-order valence-electron chi connectivity index (χ0n) is 16.5. The van der Waals surface area contributed by atoms with E-state index in [2.05, 4.69) is 45.9 Å². The van der Waals surface area contributed by atoms with Crippen LogP contribution < -0.4 is 10.6 Å². The van der Waals surface area contributed by atoms with Crippen LogP contribution in [-0.2, 0) is 7.05 Å². The molecule has 0 aromatic carbocycles. The topological polar surface area (TPSA) is 57.5 Å². The van der Waals surface area contributed by atoms with E-state index in [1.807, 2.05) is 25.0 Å². The Labute approximate surface area is 153 Å². The van der Waals surface area contributed by atoms with Crippen molar-refractivity contribution in [2.24, 2.45) is 18.0 Å². The lowest BCUT2D eigenvalue weighted by Gasteiger charge is -2.24. The van der Waals surface area contributed by atoms with Crippen LogP contribution in [0.15, 0.2) is 17.4 Å². The maximum absolute atomic E-state index is 4.35. The number of hydrogen-bond donors (Lipinski definition) is 2. The normalized spacial score (nSPS) is 17.2. The lowest BCUT2D eigenvalue weighted by molar-refractivity contribution is 0.298. The Morgan fingerprint density at radius 3 is 2.68 bits per heavy atom. The number of aryl methyl sites for hydroxylation is 1. The molecule has 0 aliphatic heterocycles. The minimum Gasteiger partial charge on any atom is -0.356 e. The van der Waals surface area contributed by atoms with Crippen LogP contribution in [0.1, 0.15) is 56.6 Å². The Kier molecular flexibility index (Phi) is 8.25. The van der Waals surface area contributed by atoms with E-state index in [4.69, 9.17) is 0 Å². The summed E-state index contributed by atoms with van der Waals surface area (Å²) >= 11 is 0. The second-order valence-corrected chi connectivity index (χ2v) is 7.45. The van der Waals surface area contributed by atoms with Gasteiger partial charge in [0.2, 0.25) is 0 Å². The molecule has 6 heteroatoms. The first-order valence-corrected chi connectivity index (χ1v) is 9.69. The van der Waals surface area contributed by atoms with E-state index < -0.39 is 0 Å². The fourth-order valence-corrected chi connectivity index (χ4v) is 3.69. The van der Waals surface area contributed by atoms with Crippen molar-refractivity contribution in [2.45, 2.75) is 51.0 Å². The van der Waals surface area contributed by atoms with Crippen molar-refractivity contribution in [1.82, 2.24) is 25.3 Å². The molecule has 6 nitrogen and oxygen atoms in total. The minimum atomic E-state index is 0.273. The minimum absolute atomic E-state index is 0.273. The number of nitrogens with one attached hydrogen (secondary N) is 2. The number of aromatic nitrogens is 2. The first-order valence-electron chi connectivity index (χ1n) is 9.69. The molecule has 0 radical (unpaired) electrons.